The monoisotopic (exact) mass is 774 g/mol. The summed E-state index contributed by atoms with van der Waals surface area (Å²) in [6.45, 7) is 0. The van der Waals surface area contributed by atoms with E-state index in [9.17, 15) is 5.11 Å². The van der Waals surface area contributed by atoms with Gasteiger partial charge in [0.05, 0.1) is 22.6 Å². The van der Waals surface area contributed by atoms with Gasteiger partial charge in [0.2, 0.25) is 0 Å². The Bertz CT molecular complexity index is 2250. The van der Waals surface area contributed by atoms with Crippen molar-refractivity contribution in [2.75, 3.05) is 4.90 Å². The fourth-order valence-corrected chi connectivity index (χ4v) is 5.93. The molecule has 0 aliphatic rings. The van der Waals surface area contributed by atoms with E-state index in [1.807, 2.05) is 102 Å². The molecule has 3 heterocycles. The summed E-state index contributed by atoms with van der Waals surface area (Å²) in [4.78, 5) is 12.6. The molecule has 8 aromatic rings. The van der Waals surface area contributed by atoms with Gasteiger partial charge in [-0.3, -0.25) is 4.57 Å². The second kappa shape index (κ2) is 12.5. The number of phenols is 1. The van der Waals surface area contributed by atoms with Crippen LogP contribution in [0.25, 0.3) is 50.1 Å². The fourth-order valence-electron chi connectivity index (χ4n) is 5.93. The second-order valence-electron chi connectivity index (χ2n) is 10.8. The molecule has 0 fully saturated rings. The predicted molar refractivity (Wildman–Crippen MR) is 182 cm³/mol. The number of aromatic hydroxyl groups is 1. The van der Waals surface area contributed by atoms with Gasteiger partial charge >= 0.3 is 0 Å². The van der Waals surface area contributed by atoms with Gasteiger partial charge in [-0.15, -0.1) is 6.07 Å². The Labute approximate surface area is 281 Å². The van der Waals surface area contributed by atoms with E-state index in [0.717, 1.165) is 61.6 Å². The molecular formula is C40H27N4OPt-. The number of aromatic nitrogens is 3. The number of hydrogen-bond donors (Lipinski definition) is 1. The van der Waals surface area contributed by atoms with Gasteiger partial charge in [0, 0.05) is 37.5 Å². The molecule has 0 spiro atoms. The van der Waals surface area contributed by atoms with E-state index < -0.39 is 0 Å². The van der Waals surface area contributed by atoms with Crippen LogP contribution in [-0.2, 0) is 21.1 Å². The van der Waals surface area contributed by atoms with Crippen LogP contribution in [0.15, 0.2) is 158 Å². The fraction of sp³-hybridized carbons (Fsp3) is 0. The van der Waals surface area contributed by atoms with Crippen molar-refractivity contribution in [1.29, 1.82) is 0 Å². The van der Waals surface area contributed by atoms with E-state index in [1.54, 1.807) is 6.07 Å². The molecule has 0 saturated carbocycles. The normalized spacial score (nSPS) is 11.0. The van der Waals surface area contributed by atoms with Gasteiger partial charge in [-0.25, -0.2) is 9.97 Å². The van der Waals surface area contributed by atoms with Crippen LogP contribution in [0.3, 0.4) is 0 Å². The summed E-state index contributed by atoms with van der Waals surface area (Å²) in [5, 5.41) is 13.0. The second-order valence-corrected chi connectivity index (χ2v) is 10.8. The molecule has 0 atom stereocenters. The maximum Gasteiger partial charge on any atom is 0.146 e. The Balaban J connectivity index is 0.00000338. The summed E-state index contributed by atoms with van der Waals surface area (Å²) >= 11 is 0. The minimum Gasteiger partial charge on any atom is -0.506 e. The smallest absolute Gasteiger partial charge is 0.146 e. The molecule has 0 unspecified atom stereocenters. The molecule has 0 saturated heterocycles. The molecule has 0 radical (unpaired) electrons. The average molecular weight is 775 g/mol. The molecule has 0 aliphatic heterocycles. The Morgan fingerprint density at radius 2 is 1.30 bits per heavy atom. The van der Waals surface area contributed by atoms with Gasteiger partial charge in [0.15, 0.2) is 0 Å². The molecule has 5 nitrogen and oxygen atoms in total. The molecule has 224 valence electrons. The van der Waals surface area contributed by atoms with Crippen molar-refractivity contribution in [3.63, 3.8) is 0 Å². The van der Waals surface area contributed by atoms with Crippen LogP contribution in [0, 0.1) is 6.07 Å². The van der Waals surface area contributed by atoms with Crippen molar-refractivity contribution in [1.82, 2.24) is 14.5 Å². The maximum atomic E-state index is 10.9. The first kappa shape index (κ1) is 29.2. The van der Waals surface area contributed by atoms with Gasteiger partial charge in [-0.2, -0.15) is 24.3 Å². The van der Waals surface area contributed by atoms with Gasteiger partial charge < -0.3 is 10.0 Å². The Morgan fingerprint density at radius 1 is 0.587 bits per heavy atom. The number of anilines is 3. The zero-order valence-electron chi connectivity index (χ0n) is 24.6. The first-order valence-electron chi connectivity index (χ1n) is 14.8. The third-order valence-electron chi connectivity index (χ3n) is 8.00. The van der Waals surface area contributed by atoms with Gasteiger partial charge in [-0.1, -0.05) is 84.6 Å². The van der Waals surface area contributed by atoms with Crippen LogP contribution in [0.1, 0.15) is 0 Å². The molecule has 0 amide bonds. The third kappa shape index (κ3) is 5.25. The number of phenolic OH excluding ortho intramolecular Hbond substituents is 1. The topological polar surface area (TPSA) is 54.2 Å². The summed E-state index contributed by atoms with van der Waals surface area (Å²) in [5.41, 5.74) is 7.83. The van der Waals surface area contributed by atoms with Crippen LogP contribution < -0.4 is 4.90 Å². The van der Waals surface area contributed by atoms with Crippen LogP contribution in [-0.4, -0.2) is 19.6 Å². The van der Waals surface area contributed by atoms with Crippen LogP contribution in [0.2, 0.25) is 0 Å². The van der Waals surface area contributed by atoms with E-state index in [-0.39, 0.29) is 26.8 Å². The molecule has 8 rings (SSSR count). The maximum absolute atomic E-state index is 10.9. The van der Waals surface area contributed by atoms with Gasteiger partial charge in [-0.05, 0) is 65.7 Å². The molecule has 6 heteroatoms. The van der Waals surface area contributed by atoms with Crippen molar-refractivity contribution < 1.29 is 26.2 Å². The van der Waals surface area contributed by atoms with E-state index in [2.05, 4.69) is 65.6 Å². The van der Waals surface area contributed by atoms with E-state index in [0.29, 0.717) is 5.69 Å². The third-order valence-corrected chi connectivity index (χ3v) is 8.00. The van der Waals surface area contributed by atoms with Crippen LogP contribution in [0.4, 0.5) is 17.2 Å². The summed E-state index contributed by atoms with van der Waals surface area (Å²) in [7, 11) is 0. The molecule has 5 aromatic carbocycles. The molecule has 46 heavy (non-hydrogen) atoms. The number of rotatable bonds is 6. The summed E-state index contributed by atoms with van der Waals surface area (Å²) in [6.07, 6.45) is 0. The van der Waals surface area contributed by atoms with Crippen molar-refractivity contribution in [2.24, 2.45) is 0 Å². The number of nitrogens with zero attached hydrogens (tertiary/aromatic N) is 4. The Kier molecular flexibility index (Phi) is 7.92. The van der Waals surface area contributed by atoms with Crippen molar-refractivity contribution >= 4 is 39.1 Å². The number of fused-ring (bicyclic) bond motifs is 3. The van der Waals surface area contributed by atoms with E-state index in [1.165, 1.54) is 0 Å². The number of hydrogen-bond acceptors (Lipinski definition) is 4. The summed E-state index contributed by atoms with van der Waals surface area (Å²) < 4.78 is 2.03. The molecule has 0 aliphatic carbocycles. The predicted octanol–water partition coefficient (Wildman–Crippen LogP) is 9.88. The number of benzene rings is 5. The average Bonchev–Trinajstić information content (AvgIpc) is 3.43. The molecular weight excluding hydrogens is 748 g/mol. The summed E-state index contributed by atoms with van der Waals surface area (Å²) in [5.74, 6) is 0.944. The van der Waals surface area contributed by atoms with E-state index in [4.69, 9.17) is 9.97 Å². The molecule has 0 bridgehead atoms. The Morgan fingerprint density at radius 3 is 2.09 bits per heavy atom. The van der Waals surface area contributed by atoms with Crippen molar-refractivity contribution in [2.45, 2.75) is 0 Å². The SMILES string of the molecule is Oc1ccccc1-n1c2ccccc2c2ccc(-c3cc(-c4ccccc4)cc(N(c4[c-]cccc4)c4ccccc4)n3)nc21.[Pt]. The van der Waals surface area contributed by atoms with E-state index >= 15 is 0 Å². The van der Waals surface area contributed by atoms with Gasteiger partial charge in [0.1, 0.15) is 17.2 Å². The van der Waals surface area contributed by atoms with Crippen LogP contribution >= 0.6 is 0 Å². The zero-order chi connectivity index (χ0) is 30.2. The number of pyridine rings is 2. The standard InChI is InChI=1S/C40H27N4O.Pt/c45-38-23-13-12-22-37(38)44-36-21-11-10-20-32(36)33-24-25-34(42-40(33)44)35-26-29(28-14-4-1-5-15-28)27-39(41-35)43(30-16-6-2-7-17-30)31-18-8-3-9-19-31;/h1-18,20-27,45H;/q-1;. The number of para-hydroxylation sites is 5. The quantitative estimate of drug-likeness (QED) is 0.171. The van der Waals surface area contributed by atoms with Gasteiger partial charge in [0.25, 0.3) is 0 Å². The zero-order valence-corrected chi connectivity index (χ0v) is 26.8. The van der Waals surface area contributed by atoms with Crippen molar-refractivity contribution in [3.05, 3.63) is 164 Å². The van der Waals surface area contributed by atoms with Crippen LogP contribution in [0.5, 0.6) is 5.75 Å². The molecule has 1 N–H and O–H groups in total. The largest absolute Gasteiger partial charge is 0.506 e. The molecule has 3 aromatic heterocycles. The minimum atomic E-state index is 0. The van der Waals surface area contributed by atoms with Crippen molar-refractivity contribution in [3.8, 4) is 34.0 Å². The minimum absolute atomic E-state index is 0. The first-order chi connectivity index (χ1) is 22.2. The summed E-state index contributed by atoms with van der Waals surface area (Å²) in [6, 6.07) is 55.8. The first-order valence-corrected chi connectivity index (χ1v) is 14.8. The Hall–Kier alpha value is -5.51.